The quantitative estimate of drug-likeness (QED) is 0.870. The minimum absolute atomic E-state index is 0.188. The Labute approximate surface area is 108 Å². The largest absolute Gasteiger partial charge is 0.338 e. The van der Waals surface area contributed by atoms with Crippen LogP contribution in [-0.4, -0.2) is 29.3 Å². The van der Waals surface area contributed by atoms with E-state index in [2.05, 4.69) is 15.0 Å². The third-order valence-electron chi connectivity index (χ3n) is 4.21. The van der Waals surface area contributed by atoms with Crippen molar-refractivity contribution < 1.29 is 4.52 Å². The molecule has 1 aliphatic heterocycles. The van der Waals surface area contributed by atoms with E-state index in [0.29, 0.717) is 0 Å². The van der Waals surface area contributed by atoms with Crippen molar-refractivity contribution in [3.05, 3.63) is 5.89 Å². The van der Waals surface area contributed by atoms with E-state index in [-0.39, 0.29) is 12.0 Å². The average Bonchev–Trinajstić information content (AvgIpc) is 2.90. The molecule has 0 radical (unpaired) electrons. The predicted octanol–water partition coefficient (Wildman–Crippen LogP) is 2.04. The van der Waals surface area contributed by atoms with Crippen molar-refractivity contribution in [2.45, 2.75) is 56.9 Å². The molecule has 2 fully saturated rings. The summed E-state index contributed by atoms with van der Waals surface area (Å²) < 4.78 is 5.44. The van der Waals surface area contributed by atoms with Gasteiger partial charge in [-0.15, -0.1) is 0 Å². The molecule has 2 unspecified atom stereocenters. The molecule has 2 aliphatic rings. The van der Waals surface area contributed by atoms with E-state index in [1.54, 1.807) is 0 Å². The van der Waals surface area contributed by atoms with E-state index in [4.69, 9.17) is 10.3 Å². The summed E-state index contributed by atoms with van der Waals surface area (Å²) >= 11 is 0. The number of piperidine rings is 1. The summed E-state index contributed by atoms with van der Waals surface area (Å²) in [6, 6.07) is 0.188. The van der Waals surface area contributed by atoms with Gasteiger partial charge in [0.25, 0.3) is 5.95 Å². The Morgan fingerprint density at radius 2 is 1.83 bits per heavy atom. The van der Waals surface area contributed by atoms with Gasteiger partial charge >= 0.3 is 0 Å². The third kappa shape index (κ3) is 2.36. The van der Waals surface area contributed by atoms with Crippen LogP contribution in [0.1, 0.15) is 56.8 Å². The van der Waals surface area contributed by atoms with E-state index in [1.165, 1.54) is 32.1 Å². The van der Waals surface area contributed by atoms with Crippen LogP contribution in [0.15, 0.2) is 4.52 Å². The first-order chi connectivity index (χ1) is 8.84. The number of anilines is 1. The summed E-state index contributed by atoms with van der Waals surface area (Å²) in [4.78, 5) is 6.80. The second kappa shape index (κ2) is 5.26. The lowest BCUT2D eigenvalue weighted by molar-refractivity contribution is 0.290. The van der Waals surface area contributed by atoms with E-state index in [1.807, 2.05) is 0 Å². The van der Waals surface area contributed by atoms with Gasteiger partial charge in [-0.2, -0.15) is 4.98 Å². The maximum atomic E-state index is 6.16. The first-order valence-corrected chi connectivity index (χ1v) is 7.19. The molecule has 0 aromatic carbocycles. The van der Waals surface area contributed by atoms with Crippen molar-refractivity contribution in [3.8, 4) is 0 Å². The van der Waals surface area contributed by atoms with E-state index >= 15 is 0 Å². The molecule has 18 heavy (non-hydrogen) atoms. The molecule has 2 N–H and O–H groups in total. The van der Waals surface area contributed by atoms with Crippen LogP contribution in [0.25, 0.3) is 0 Å². The Morgan fingerprint density at radius 1 is 1.06 bits per heavy atom. The molecule has 1 saturated carbocycles. The molecule has 1 aromatic rings. The average molecular weight is 250 g/mol. The van der Waals surface area contributed by atoms with Gasteiger partial charge < -0.3 is 15.2 Å². The van der Waals surface area contributed by atoms with E-state index in [0.717, 1.165) is 37.8 Å². The number of aromatic nitrogens is 2. The standard InChI is InChI=1S/C13H22N4O/c14-11-7-3-2-6-10(11)12-15-13(16-18-12)17-8-4-1-5-9-17/h10-11H,1-9,14H2. The monoisotopic (exact) mass is 250 g/mol. The van der Waals surface area contributed by atoms with E-state index < -0.39 is 0 Å². The van der Waals surface area contributed by atoms with Gasteiger partial charge in [0.2, 0.25) is 5.89 Å². The zero-order valence-corrected chi connectivity index (χ0v) is 10.8. The van der Waals surface area contributed by atoms with Gasteiger partial charge in [-0.1, -0.05) is 12.8 Å². The van der Waals surface area contributed by atoms with Gasteiger partial charge in [0.05, 0.1) is 5.92 Å². The lowest BCUT2D eigenvalue weighted by Gasteiger charge is -2.26. The highest BCUT2D eigenvalue weighted by atomic mass is 16.5. The number of hydrogen-bond donors (Lipinski definition) is 1. The molecular formula is C13H22N4O. The van der Waals surface area contributed by atoms with Crippen molar-refractivity contribution in [2.75, 3.05) is 18.0 Å². The molecule has 5 nitrogen and oxygen atoms in total. The maximum Gasteiger partial charge on any atom is 0.266 e. The topological polar surface area (TPSA) is 68.2 Å². The van der Waals surface area contributed by atoms with Gasteiger partial charge in [0.1, 0.15) is 0 Å². The molecule has 2 atom stereocenters. The van der Waals surface area contributed by atoms with Crippen LogP contribution in [0.2, 0.25) is 0 Å². The van der Waals surface area contributed by atoms with Gasteiger partial charge in [-0.3, -0.25) is 0 Å². The highest BCUT2D eigenvalue weighted by Gasteiger charge is 2.29. The fraction of sp³-hybridized carbons (Fsp3) is 0.846. The Balaban J connectivity index is 1.71. The zero-order valence-electron chi connectivity index (χ0n) is 10.8. The molecule has 0 spiro atoms. The normalized spacial score (nSPS) is 29.5. The van der Waals surface area contributed by atoms with Gasteiger partial charge in [0, 0.05) is 19.1 Å². The molecule has 0 amide bonds. The minimum atomic E-state index is 0.188. The number of nitrogens with zero attached hydrogens (tertiary/aromatic N) is 3. The molecule has 5 heteroatoms. The van der Waals surface area contributed by atoms with Gasteiger partial charge in [-0.25, -0.2) is 0 Å². The summed E-state index contributed by atoms with van der Waals surface area (Å²) in [6.07, 6.45) is 8.38. The molecule has 0 bridgehead atoms. The highest BCUT2D eigenvalue weighted by molar-refractivity contribution is 5.28. The highest BCUT2D eigenvalue weighted by Crippen LogP contribution is 2.31. The van der Waals surface area contributed by atoms with Crippen molar-refractivity contribution in [3.63, 3.8) is 0 Å². The third-order valence-corrected chi connectivity index (χ3v) is 4.21. The maximum absolute atomic E-state index is 6.16. The summed E-state index contributed by atoms with van der Waals surface area (Å²) in [6.45, 7) is 2.10. The molecule has 1 saturated heterocycles. The van der Waals surface area contributed by atoms with Gasteiger partial charge in [0.15, 0.2) is 0 Å². The van der Waals surface area contributed by atoms with Crippen LogP contribution < -0.4 is 10.6 Å². The van der Waals surface area contributed by atoms with E-state index in [9.17, 15) is 0 Å². The lowest BCUT2D eigenvalue weighted by atomic mass is 9.85. The van der Waals surface area contributed by atoms with Crippen LogP contribution in [-0.2, 0) is 0 Å². The second-order valence-electron chi connectivity index (χ2n) is 5.54. The number of nitrogens with two attached hydrogens (primary N) is 1. The summed E-state index contributed by atoms with van der Waals surface area (Å²) in [7, 11) is 0. The fourth-order valence-corrected chi connectivity index (χ4v) is 3.07. The molecule has 100 valence electrons. The zero-order chi connectivity index (χ0) is 12.4. The van der Waals surface area contributed by atoms with Crippen LogP contribution >= 0.6 is 0 Å². The Hall–Kier alpha value is -1.10. The van der Waals surface area contributed by atoms with Crippen molar-refractivity contribution in [1.29, 1.82) is 0 Å². The summed E-state index contributed by atoms with van der Waals surface area (Å²) in [5.74, 6) is 1.79. The Morgan fingerprint density at radius 3 is 2.61 bits per heavy atom. The summed E-state index contributed by atoms with van der Waals surface area (Å²) in [5.41, 5.74) is 6.16. The minimum Gasteiger partial charge on any atom is -0.338 e. The predicted molar refractivity (Wildman–Crippen MR) is 69.5 cm³/mol. The number of hydrogen-bond acceptors (Lipinski definition) is 5. The Bertz CT molecular complexity index is 386. The SMILES string of the molecule is NC1CCCCC1c1nc(N2CCCCC2)no1. The van der Waals surface area contributed by atoms with Crippen LogP contribution in [0.3, 0.4) is 0 Å². The van der Waals surface area contributed by atoms with Crippen molar-refractivity contribution in [1.82, 2.24) is 10.1 Å². The molecule has 3 rings (SSSR count). The fourth-order valence-electron chi connectivity index (χ4n) is 3.07. The first-order valence-electron chi connectivity index (χ1n) is 7.19. The van der Waals surface area contributed by atoms with Gasteiger partial charge in [-0.05, 0) is 37.3 Å². The van der Waals surface area contributed by atoms with Crippen LogP contribution in [0.4, 0.5) is 5.95 Å². The second-order valence-corrected chi connectivity index (χ2v) is 5.54. The van der Waals surface area contributed by atoms with Crippen LogP contribution in [0.5, 0.6) is 0 Å². The molecule has 2 heterocycles. The van der Waals surface area contributed by atoms with Crippen molar-refractivity contribution >= 4 is 5.95 Å². The molecular weight excluding hydrogens is 228 g/mol. The smallest absolute Gasteiger partial charge is 0.266 e. The molecule has 1 aliphatic carbocycles. The summed E-state index contributed by atoms with van der Waals surface area (Å²) in [5, 5.41) is 4.13. The molecule has 1 aromatic heterocycles. The number of rotatable bonds is 2. The van der Waals surface area contributed by atoms with Crippen LogP contribution in [0, 0.1) is 0 Å². The Kier molecular flexibility index (Phi) is 3.50. The lowest BCUT2D eigenvalue weighted by Crippen LogP contribution is -2.32. The first kappa shape index (κ1) is 12.0. The van der Waals surface area contributed by atoms with Crippen molar-refractivity contribution in [2.24, 2.45) is 5.73 Å².